The molecule has 1 heterocycles. The van der Waals surface area contributed by atoms with E-state index >= 15 is 0 Å². The molecule has 0 fully saturated rings. The zero-order chi connectivity index (χ0) is 11.3. The number of aromatic nitrogens is 2. The molecule has 0 radical (unpaired) electrons. The number of hydrogen-bond acceptors (Lipinski definition) is 5. The third-order valence-electron chi connectivity index (χ3n) is 1.57. The Morgan fingerprint density at radius 1 is 1.47 bits per heavy atom. The van der Waals surface area contributed by atoms with E-state index in [2.05, 4.69) is 9.97 Å². The number of carbonyl (C=O) groups excluding carboxylic acids is 1. The van der Waals surface area contributed by atoms with Crippen molar-refractivity contribution in [3.05, 3.63) is 17.0 Å². The highest BCUT2D eigenvalue weighted by Gasteiger charge is 2.07. The molecule has 0 bridgehead atoms. The maximum atomic E-state index is 11.1. The number of rotatable bonds is 5. The van der Waals surface area contributed by atoms with E-state index in [0.717, 1.165) is 0 Å². The van der Waals surface area contributed by atoms with Gasteiger partial charge >= 0.3 is 0 Å². The molecule has 0 saturated carbocycles. The summed E-state index contributed by atoms with van der Waals surface area (Å²) in [4.78, 5) is 18.6. The molecule has 0 amide bonds. The second-order valence-electron chi connectivity index (χ2n) is 2.76. The van der Waals surface area contributed by atoms with Gasteiger partial charge in [0.15, 0.2) is 5.78 Å². The number of hydrogen-bond donors (Lipinski definition) is 0. The van der Waals surface area contributed by atoms with Crippen molar-refractivity contribution in [1.29, 1.82) is 0 Å². The number of nitrogens with zero attached hydrogens (tertiary/aromatic N) is 2. The summed E-state index contributed by atoms with van der Waals surface area (Å²) in [6.45, 7) is 2.19. The molecule has 0 N–H and O–H groups in total. The van der Waals surface area contributed by atoms with Crippen LogP contribution < -0.4 is 4.74 Å². The first kappa shape index (κ1) is 11.9. The molecule has 5 nitrogen and oxygen atoms in total. The van der Waals surface area contributed by atoms with E-state index in [0.29, 0.717) is 13.2 Å². The number of ether oxygens (including phenoxy) is 2. The van der Waals surface area contributed by atoms with Crippen molar-refractivity contribution >= 4 is 17.4 Å². The van der Waals surface area contributed by atoms with Crippen LogP contribution in [-0.2, 0) is 4.74 Å². The van der Waals surface area contributed by atoms with Crippen LogP contribution in [0.2, 0.25) is 5.28 Å². The van der Waals surface area contributed by atoms with Crippen molar-refractivity contribution in [2.24, 2.45) is 0 Å². The van der Waals surface area contributed by atoms with Gasteiger partial charge in [-0.05, 0) is 11.6 Å². The predicted octanol–water partition coefficient (Wildman–Crippen LogP) is 1.36. The van der Waals surface area contributed by atoms with Gasteiger partial charge in [0.05, 0.1) is 6.61 Å². The van der Waals surface area contributed by atoms with E-state index in [4.69, 9.17) is 21.1 Å². The second kappa shape index (κ2) is 5.63. The van der Waals surface area contributed by atoms with Crippen molar-refractivity contribution in [2.75, 3.05) is 20.3 Å². The van der Waals surface area contributed by atoms with Gasteiger partial charge in [-0.1, -0.05) is 0 Å². The van der Waals surface area contributed by atoms with E-state index in [1.807, 2.05) is 0 Å². The van der Waals surface area contributed by atoms with E-state index in [9.17, 15) is 4.79 Å². The van der Waals surface area contributed by atoms with Crippen molar-refractivity contribution in [1.82, 2.24) is 9.97 Å². The minimum atomic E-state index is -0.184. The zero-order valence-corrected chi connectivity index (χ0v) is 9.24. The Balaban J connectivity index is 2.75. The average molecular weight is 231 g/mol. The standard InChI is InChI=1S/C9H11ClN2O3/c1-6(13)7-5-8(12-9(10)11-7)15-4-3-14-2/h5H,3-4H2,1-2H3. The van der Waals surface area contributed by atoms with E-state index in [1.54, 1.807) is 7.11 Å². The van der Waals surface area contributed by atoms with Gasteiger partial charge < -0.3 is 9.47 Å². The Bertz CT molecular complexity index is 357. The maximum Gasteiger partial charge on any atom is 0.226 e. The van der Waals surface area contributed by atoms with Gasteiger partial charge in [0.1, 0.15) is 12.3 Å². The van der Waals surface area contributed by atoms with Crippen molar-refractivity contribution in [2.45, 2.75) is 6.92 Å². The Morgan fingerprint density at radius 2 is 2.20 bits per heavy atom. The number of ketones is 1. The van der Waals surface area contributed by atoms with E-state index < -0.39 is 0 Å². The van der Waals surface area contributed by atoms with Crippen LogP contribution in [0.4, 0.5) is 0 Å². The fourth-order valence-corrected chi connectivity index (χ4v) is 1.06. The fraction of sp³-hybridized carbons (Fsp3) is 0.444. The lowest BCUT2D eigenvalue weighted by Crippen LogP contribution is -2.07. The fourth-order valence-electron chi connectivity index (χ4n) is 0.881. The lowest BCUT2D eigenvalue weighted by atomic mass is 10.3. The topological polar surface area (TPSA) is 61.3 Å². The predicted molar refractivity (Wildman–Crippen MR) is 54.4 cm³/mol. The van der Waals surface area contributed by atoms with Gasteiger partial charge in [0.25, 0.3) is 0 Å². The van der Waals surface area contributed by atoms with Gasteiger partial charge in [-0.3, -0.25) is 4.79 Å². The number of Topliss-reactive ketones (excluding diaryl/α,β-unsaturated/α-hetero) is 1. The molecule has 0 unspecified atom stereocenters. The summed E-state index contributed by atoms with van der Waals surface area (Å²) < 4.78 is 10.0. The Hall–Kier alpha value is -1.20. The van der Waals surface area contributed by atoms with Crippen LogP contribution in [0.3, 0.4) is 0 Å². The summed E-state index contributed by atoms with van der Waals surface area (Å²) in [5.74, 6) is 0.0909. The van der Waals surface area contributed by atoms with Crippen LogP contribution in [0, 0.1) is 0 Å². The molecule has 1 rings (SSSR count). The van der Waals surface area contributed by atoms with Gasteiger partial charge in [0.2, 0.25) is 11.2 Å². The summed E-state index contributed by atoms with van der Waals surface area (Å²) in [7, 11) is 1.57. The molecule has 1 aromatic rings. The SMILES string of the molecule is COCCOc1cc(C(C)=O)nc(Cl)n1. The van der Waals surface area contributed by atoms with E-state index in [1.165, 1.54) is 13.0 Å². The van der Waals surface area contributed by atoms with Crippen molar-refractivity contribution < 1.29 is 14.3 Å². The van der Waals surface area contributed by atoms with Gasteiger partial charge in [0, 0.05) is 20.1 Å². The molecule has 0 atom stereocenters. The molecule has 0 aromatic carbocycles. The largest absolute Gasteiger partial charge is 0.475 e. The minimum Gasteiger partial charge on any atom is -0.475 e. The van der Waals surface area contributed by atoms with E-state index in [-0.39, 0.29) is 22.6 Å². The van der Waals surface area contributed by atoms with Gasteiger partial charge in [-0.2, -0.15) is 4.98 Å². The lowest BCUT2D eigenvalue weighted by molar-refractivity contribution is 0.101. The summed E-state index contributed by atoms with van der Waals surface area (Å²) in [6, 6.07) is 1.45. The summed E-state index contributed by atoms with van der Waals surface area (Å²) in [5, 5.41) is -0.00452. The molecular weight excluding hydrogens is 220 g/mol. The molecule has 15 heavy (non-hydrogen) atoms. The first-order valence-electron chi connectivity index (χ1n) is 4.30. The number of carbonyl (C=O) groups is 1. The van der Waals surface area contributed by atoms with Crippen LogP contribution in [0.5, 0.6) is 5.88 Å². The van der Waals surface area contributed by atoms with Crippen LogP contribution in [0.15, 0.2) is 6.07 Å². The van der Waals surface area contributed by atoms with Crippen LogP contribution >= 0.6 is 11.6 Å². The summed E-state index contributed by atoms with van der Waals surface area (Å²) in [5.41, 5.74) is 0.238. The highest BCUT2D eigenvalue weighted by Crippen LogP contribution is 2.12. The quantitative estimate of drug-likeness (QED) is 0.434. The van der Waals surface area contributed by atoms with Gasteiger partial charge in [-0.25, -0.2) is 4.98 Å². The average Bonchev–Trinajstić information content (AvgIpc) is 2.17. The third-order valence-corrected chi connectivity index (χ3v) is 1.74. The molecule has 1 aromatic heterocycles. The monoisotopic (exact) mass is 230 g/mol. The molecule has 0 spiro atoms. The van der Waals surface area contributed by atoms with Crippen LogP contribution in [0.25, 0.3) is 0 Å². The normalized spacial score (nSPS) is 10.1. The Morgan fingerprint density at radius 3 is 2.80 bits per heavy atom. The van der Waals surface area contributed by atoms with Crippen molar-refractivity contribution in [3.8, 4) is 5.88 Å². The smallest absolute Gasteiger partial charge is 0.226 e. The molecule has 0 aliphatic carbocycles. The summed E-state index contributed by atoms with van der Waals surface area (Å²) >= 11 is 5.62. The van der Waals surface area contributed by atoms with Crippen molar-refractivity contribution in [3.63, 3.8) is 0 Å². The molecule has 0 aliphatic heterocycles. The Kier molecular flexibility index (Phi) is 4.45. The first-order valence-corrected chi connectivity index (χ1v) is 4.68. The maximum absolute atomic E-state index is 11.1. The highest BCUT2D eigenvalue weighted by atomic mass is 35.5. The Labute approximate surface area is 92.4 Å². The molecule has 0 aliphatic rings. The third kappa shape index (κ3) is 3.81. The molecule has 0 saturated heterocycles. The minimum absolute atomic E-state index is 0.00452. The number of halogens is 1. The van der Waals surface area contributed by atoms with Gasteiger partial charge in [-0.15, -0.1) is 0 Å². The first-order chi connectivity index (χ1) is 7.13. The number of methoxy groups -OCH3 is 1. The summed E-state index contributed by atoms with van der Waals surface area (Å²) in [6.07, 6.45) is 0. The molecular formula is C9H11ClN2O3. The highest BCUT2D eigenvalue weighted by molar-refractivity contribution is 6.28. The van der Waals surface area contributed by atoms with Crippen LogP contribution in [-0.4, -0.2) is 36.1 Å². The van der Waals surface area contributed by atoms with Crippen LogP contribution in [0.1, 0.15) is 17.4 Å². The molecule has 6 heteroatoms. The second-order valence-corrected chi connectivity index (χ2v) is 3.10. The lowest BCUT2D eigenvalue weighted by Gasteiger charge is -2.05. The zero-order valence-electron chi connectivity index (χ0n) is 8.49. The molecule has 82 valence electrons.